The van der Waals surface area contributed by atoms with Gasteiger partial charge >= 0.3 is 6.18 Å². The van der Waals surface area contributed by atoms with Gasteiger partial charge in [0, 0.05) is 42.0 Å². The summed E-state index contributed by atoms with van der Waals surface area (Å²) >= 11 is 0. The number of hydrogen-bond donors (Lipinski definition) is 1. The largest absolute Gasteiger partial charge is 0.434 e. The van der Waals surface area contributed by atoms with Gasteiger partial charge in [-0.25, -0.2) is 15.0 Å². The number of halogens is 3. The van der Waals surface area contributed by atoms with Gasteiger partial charge in [0.25, 0.3) is 0 Å². The lowest BCUT2D eigenvalue weighted by Gasteiger charge is -2.13. The number of nitrogens with one attached hydrogen (secondary N) is 1. The Morgan fingerprint density at radius 3 is 2.31 bits per heavy atom. The summed E-state index contributed by atoms with van der Waals surface area (Å²) in [6.07, 6.45) is 0.292. The Morgan fingerprint density at radius 2 is 1.64 bits per heavy atom. The molecule has 36 heavy (non-hydrogen) atoms. The summed E-state index contributed by atoms with van der Waals surface area (Å²) in [5.41, 5.74) is 5.70. The van der Waals surface area contributed by atoms with Gasteiger partial charge in [0.05, 0.1) is 17.2 Å². The van der Waals surface area contributed by atoms with Crippen molar-refractivity contribution < 1.29 is 13.2 Å². The Hall–Kier alpha value is -3.94. The number of imidazole rings is 1. The van der Waals surface area contributed by atoms with Gasteiger partial charge in [-0.1, -0.05) is 69.3 Å². The third-order valence-electron chi connectivity index (χ3n) is 6.57. The van der Waals surface area contributed by atoms with Crippen LogP contribution in [-0.2, 0) is 13.2 Å². The number of aryl methyl sites for hydroxylation is 1. The lowest BCUT2D eigenvalue weighted by Crippen LogP contribution is -2.04. The topological polar surface area (TPSA) is 59.4 Å². The number of hydrogen-bond acceptors (Lipinski definition) is 3. The Kier molecular flexibility index (Phi) is 5.90. The third kappa shape index (κ3) is 4.27. The number of fused-ring (bicyclic) bond motifs is 1. The summed E-state index contributed by atoms with van der Waals surface area (Å²) in [4.78, 5) is 16.6. The molecular formula is C28H26F3N5. The first-order valence-electron chi connectivity index (χ1n) is 11.8. The quantitative estimate of drug-likeness (QED) is 0.281. The van der Waals surface area contributed by atoms with Crippen molar-refractivity contribution in [3.63, 3.8) is 0 Å². The second-order valence-corrected chi connectivity index (χ2v) is 9.34. The molecule has 3 heterocycles. The highest BCUT2D eigenvalue weighted by Gasteiger charge is 2.34. The van der Waals surface area contributed by atoms with E-state index in [2.05, 4.69) is 41.8 Å². The minimum absolute atomic E-state index is 0.00278. The van der Waals surface area contributed by atoms with E-state index in [1.54, 1.807) is 7.05 Å². The van der Waals surface area contributed by atoms with E-state index in [0.717, 1.165) is 33.9 Å². The molecule has 1 atom stereocenters. The number of H-pyrrole nitrogens is 1. The van der Waals surface area contributed by atoms with E-state index < -0.39 is 11.9 Å². The molecule has 5 aromatic rings. The fourth-order valence-corrected chi connectivity index (χ4v) is 4.57. The first kappa shape index (κ1) is 23.8. The average Bonchev–Trinajstić information content (AvgIpc) is 3.47. The van der Waals surface area contributed by atoms with Crippen LogP contribution in [0.2, 0.25) is 0 Å². The van der Waals surface area contributed by atoms with Crippen LogP contribution in [-0.4, -0.2) is 24.5 Å². The van der Waals surface area contributed by atoms with Crippen molar-refractivity contribution in [2.75, 3.05) is 0 Å². The van der Waals surface area contributed by atoms with Gasteiger partial charge in [0.15, 0.2) is 11.5 Å². The van der Waals surface area contributed by atoms with E-state index in [-0.39, 0.29) is 11.7 Å². The molecule has 0 radical (unpaired) electrons. The molecule has 5 rings (SSSR count). The molecule has 0 unspecified atom stereocenters. The van der Waals surface area contributed by atoms with Gasteiger partial charge in [-0.05, 0) is 17.0 Å². The van der Waals surface area contributed by atoms with E-state index in [9.17, 15) is 13.2 Å². The minimum Gasteiger partial charge on any atom is -0.358 e. The molecule has 8 heteroatoms. The molecule has 0 amide bonds. The third-order valence-corrected chi connectivity index (χ3v) is 6.57. The van der Waals surface area contributed by atoms with Crippen molar-refractivity contribution in [1.82, 2.24) is 24.5 Å². The minimum atomic E-state index is -4.48. The monoisotopic (exact) mass is 489 g/mol. The molecule has 0 spiro atoms. The maximum atomic E-state index is 13.1. The lowest BCUT2D eigenvalue weighted by atomic mass is 9.93. The SMILES string of the molecule is CC(C)c1ccccc1-c1ncc2[nH]cc([C@@H](C)c3ccc(-c4nc(C(F)(F)F)cn4C)cc3)c2n1. The maximum Gasteiger partial charge on any atom is 0.434 e. The van der Waals surface area contributed by atoms with Gasteiger partial charge in [-0.3, -0.25) is 0 Å². The van der Waals surface area contributed by atoms with Crippen LogP contribution < -0.4 is 0 Å². The van der Waals surface area contributed by atoms with Gasteiger partial charge in [-0.15, -0.1) is 0 Å². The molecule has 2 aromatic carbocycles. The van der Waals surface area contributed by atoms with Crippen molar-refractivity contribution in [1.29, 1.82) is 0 Å². The zero-order valence-corrected chi connectivity index (χ0v) is 20.4. The number of aromatic amines is 1. The molecule has 184 valence electrons. The zero-order chi connectivity index (χ0) is 25.6. The van der Waals surface area contributed by atoms with E-state index >= 15 is 0 Å². The first-order chi connectivity index (χ1) is 17.1. The van der Waals surface area contributed by atoms with Gasteiger partial charge in [0.1, 0.15) is 5.82 Å². The Bertz CT molecular complexity index is 1530. The van der Waals surface area contributed by atoms with Gasteiger partial charge < -0.3 is 9.55 Å². The summed E-state index contributed by atoms with van der Waals surface area (Å²) < 4.78 is 40.6. The van der Waals surface area contributed by atoms with E-state index in [1.807, 2.05) is 54.9 Å². The predicted octanol–water partition coefficient (Wildman–Crippen LogP) is 7.32. The van der Waals surface area contributed by atoms with Crippen LogP contribution in [0.5, 0.6) is 0 Å². The van der Waals surface area contributed by atoms with Crippen LogP contribution in [0.25, 0.3) is 33.8 Å². The van der Waals surface area contributed by atoms with Crippen molar-refractivity contribution in [2.45, 2.75) is 38.8 Å². The Balaban J connectivity index is 1.48. The highest BCUT2D eigenvalue weighted by Crippen LogP contribution is 2.34. The van der Waals surface area contributed by atoms with Gasteiger partial charge in [0.2, 0.25) is 0 Å². The number of benzene rings is 2. The van der Waals surface area contributed by atoms with Gasteiger partial charge in [-0.2, -0.15) is 13.2 Å². The van der Waals surface area contributed by atoms with E-state index in [0.29, 0.717) is 17.3 Å². The van der Waals surface area contributed by atoms with Crippen LogP contribution in [0.1, 0.15) is 55.0 Å². The molecule has 0 saturated carbocycles. The molecule has 3 aromatic heterocycles. The number of aromatic nitrogens is 5. The number of alkyl halides is 3. The zero-order valence-electron chi connectivity index (χ0n) is 20.4. The Morgan fingerprint density at radius 1 is 0.917 bits per heavy atom. The normalized spacial score (nSPS) is 13.0. The summed E-state index contributed by atoms with van der Waals surface area (Å²) in [6, 6.07) is 15.6. The molecule has 0 aliphatic rings. The van der Waals surface area contributed by atoms with Crippen molar-refractivity contribution in [2.24, 2.45) is 7.05 Å². The summed E-state index contributed by atoms with van der Waals surface area (Å²) in [5.74, 6) is 1.30. The van der Waals surface area contributed by atoms with Crippen molar-refractivity contribution >= 4 is 11.0 Å². The molecule has 0 aliphatic heterocycles. The molecule has 1 N–H and O–H groups in total. The van der Waals surface area contributed by atoms with Crippen LogP contribution in [0, 0.1) is 0 Å². The molecule has 0 saturated heterocycles. The van der Waals surface area contributed by atoms with Crippen LogP contribution in [0.3, 0.4) is 0 Å². The summed E-state index contributed by atoms with van der Waals surface area (Å²) in [7, 11) is 1.56. The van der Waals surface area contributed by atoms with Crippen LogP contribution >= 0.6 is 0 Å². The summed E-state index contributed by atoms with van der Waals surface area (Å²) in [5, 5.41) is 0. The standard InChI is InChI=1S/C28H26F3N5/c1-16(2)20-7-5-6-8-21(20)26-33-14-23-25(35-26)22(13-32-23)17(3)18-9-11-19(12-10-18)27-34-24(15-36(27)4)28(29,30)31/h5-17,32H,1-4H3/t17-/m0/s1. The second kappa shape index (κ2) is 8.93. The smallest absolute Gasteiger partial charge is 0.358 e. The second-order valence-electron chi connectivity index (χ2n) is 9.34. The molecule has 0 bridgehead atoms. The number of nitrogens with zero attached hydrogens (tertiary/aromatic N) is 4. The lowest BCUT2D eigenvalue weighted by molar-refractivity contribution is -0.140. The molecular weight excluding hydrogens is 463 g/mol. The van der Waals surface area contributed by atoms with Crippen molar-refractivity contribution in [3.8, 4) is 22.8 Å². The highest BCUT2D eigenvalue weighted by atomic mass is 19.4. The molecule has 5 nitrogen and oxygen atoms in total. The highest BCUT2D eigenvalue weighted by molar-refractivity contribution is 5.81. The van der Waals surface area contributed by atoms with Crippen LogP contribution in [0.15, 0.2) is 67.1 Å². The van der Waals surface area contributed by atoms with E-state index in [1.165, 1.54) is 10.1 Å². The molecule has 0 aliphatic carbocycles. The Labute approximate surface area is 207 Å². The van der Waals surface area contributed by atoms with Crippen LogP contribution in [0.4, 0.5) is 13.2 Å². The van der Waals surface area contributed by atoms with Crippen molar-refractivity contribution in [3.05, 3.63) is 89.5 Å². The fraction of sp³-hybridized carbons (Fsp3) is 0.250. The first-order valence-corrected chi connectivity index (χ1v) is 11.8. The maximum absolute atomic E-state index is 13.1. The van der Waals surface area contributed by atoms with E-state index in [4.69, 9.17) is 4.98 Å². The average molecular weight is 490 g/mol. The number of rotatable bonds is 5. The fourth-order valence-electron chi connectivity index (χ4n) is 4.57. The molecule has 0 fully saturated rings. The summed E-state index contributed by atoms with van der Waals surface area (Å²) in [6.45, 7) is 6.39. The predicted molar refractivity (Wildman–Crippen MR) is 135 cm³/mol.